The summed E-state index contributed by atoms with van der Waals surface area (Å²) in [5, 5.41) is 12.5. The Hall–Kier alpha value is -2.26. The van der Waals surface area contributed by atoms with E-state index in [0.29, 0.717) is 5.69 Å². The fourth-order valence-electron chi connectivity index (χ4n) is 2.10. The Morgan fingerprint density at radius 1 is 0.944 bits per heavy atom. The van der Waals surface area contributed by atoms with Gasteiger partial charge in [-0.05, 0) is 16.3 Å². The van der Waals surface area contributed by atoms with Gasteiger partial charge < -0.3 is 5.11 Å². The van der Waals surface area contributed by atoms with Crippen LogP contribution in [-0.4, -0.2) is 15.1 Å². The summed E-state index contributed by atoms with van der Waals surface area (Å²) in [5.74, 6) is 0. The van der Waals surface area contributed by atoms with Crippen LogP contribution >= 0.6 is 0 Å². The molecule has 0 fully saturated rings. The molecule has 1 N–H and O–H groups in total. The predicted molar refractivity (Wildman–Crippen MR) is 70.0 cm³/mol. The van der Waals surface area contributed by atoms with Gasteiger partial charge in [0.15, 0.2) is 0 Å². The zero-order chi connectivity index (χ0) is 12.4. The lowest BCUT2D eigenvalue weighted by atomic mass is 9.99. The van der Waals surface area contributed by atoms with Crippen LogP contribution in [0.25, 0.3) is 10.8 Å². The van der Waals surface area contributed by atoms with E-state index in [2.05, 4.69) is 9.97 Å². The summed E-state index contributed by atoms with van der Waals surface area (Å²) >= 11 is 0. The second-order valence-corrected chi connectivity index (χ2v) is 4.10. The molecule has 0 saturated heterocycles. The Morgan fingerprint density at radius 2 is 1.78 bits per heavy atom. The number of aliphatic hydroxyl groups is 1. The van der Waals surface area contributed by atoms with Crippen molar-refractivity contribution in [1.82, 2.24) is 9.97 Å². The Bertz CT molecular complexity index is 662. The van der Waals surface area contributed by atoms with Gasteiger partial charge in [-0.3, -0.25) is 9.97 Å². The van der Waals surface area contributed by atoms with Crippen molar-refractivity contribution < 1.29 is 5.11 Å². The molecule has 0 radical (unpaired) electrons. The van der Waals surface area contributed by atoms with Gasteiger partial charge in [0.05, 0.1) is 11.9 Å². The first-order valence-corrected chi connectivity index (χ1v) is 5.78. The molecule has 1 atom stereocenters. The van der Waals surface area contributed by atoms with Crippen LogP contribution in [0.1, 0.15) is 17.4 Å². The van der Waals surface area contributed by atoms with Gasteiger partial charge in [-0.15, -0.1) is 0 Å². The molecule has 0 saturated carbocycles. The summed E-state index contributed by atoms with van der Waals surface area (Å²) in [4.78, 5) is 8.14. The quantitative estimate of drug-likeness (QED) is 0.744. The molecule has 0 aliphatic carbocycles. The molecule has 1 unspecified atom stereocenters. The van der Waals surface area contributed by atoms with Crippen LogP contribution in [0, 0.1) is 0 Å². The first kappa shape index (κ1) is 10.9. The molecule has 3 rings (SSSR count). The lowest BCUT2D eigenvalue weighted by Crippen LogP contribution is -2.03. The van der Waals surface area contributed by atoms with E-state index in [1.54, 1.807) is 18.6 Å². The molecule has 3 aromatic rings. The summed E-state index contributed by atoms with van der Waals surface area (Å²) in [6, 6.07) is 13.9. The molecule has 0 aliphatic rings. The third-order valence-electron chi connectivity index (χ3n) is 2.98. The summed E-state index contributed by atoms with van der Waals surface area (Å²) < 4.78 is 0. The maximum atomic E-state index is 10.4. The van der Waals surface area contributed by atoms with Crippen molar-refractivity contribution in [2.75, 3.05) is 0 Å². The molecule has 18 heavy (non-hydrogen) atoms. The fraction of sp³-hybridized carbons (Fsp3) is 0.0667. The van der Waals surface area contributed by atoms with E-state index < -0.39 is 6.10 Å². The minimum Gasteiger partial charge on any atom is -0.382 e. The van der Waals surface area contributed by atoms with Crippen LogP contribution in [0.4, 0.5) is 0 Å². The number of aliphatic hydroxyl groups excluding tert-OH is 1. The molecule has 1 heterocycles. The number of hydrogen-bond donors (Lipinski definition) is 1. The SMILES string of the molecule is OC(c1cnccn1)c1cccc2ccccc12. The Balaban J connectivity index is 2.15. The normalized spacial score (nSPS) is 12.5. The molecule has 3 heteroatoms. The van der Waals surface area contributed by atoms with Crippen LogP contribution in [0.5, 0.6) is 0 Å². The highest BCUT2D eigenvalue weighted by Gasteiger charge is 2.14. The van der Waals surface area contributed by atoms with Gasteiger partial charge in [0.2, 0.25) is 0 Å². The Labute approximate surface area is 105 Å². The third-order valence-corrected chi connectivity index (χ3v) is 2.98. The molecule has 0 aliphatic heterocycles. The van der Waals surface area contributed by atoms with Crippen LogP contribution in [0.2, 0.25) is 0 Å². The average molecular weight is 236 g/mol. The number of aromatic nitrogens is 2. The molecule has 0 spiro atoms. The van der Waals surface area contributed by atoms with Crippen molar-refractivity contribution in [3.63, 3.8) is 0 Å². The fourth-order valence-corrected chi connectivity index (χ4v) is 2.10. The molecule has 0 amide bonds. The Morgan fingerprint density at radius 3 is 2.61 bits per heavy atom. The van der Waals surface area contributed by atoms with E-state index in [4.69, 9.17) is 0 Å². The molecule has 1 aromatic heterocycles. The predicted octanol–water partition coefficient (Wildman–Crippen LogP) is 2.71. The minimum absolute atomic E-state index is 0.564. The van der Waals surface area contributed by atoms with E-state index in [1.165, 1.54) is 0 Å². The van der Waals surface area contributed by atoms with Crippen molar-refractivity contribution in [3.05, 3.63) is 72.3 Å². The second-order valence-electron chi connectivity index (χ2n) is 4.10. The maximum absolute atomic E-state index is 10.4. The van der Waals surface area contributed by atoms with Gasteiger partial charge in [-0.1, -0.05) is 42.5 Å². The highest BCUT2D eigenvalue weighted by Crippen LogP contribution is 2.27. The Kier molecular flexibility index (Phi) is 2.74. The van der Waals surface area contributed by atoms with Crippen molar-refractivity contribution in [2.24, 2.45) is 0 Å². The molecule has 3 nitrogen and oxygen atoms in total. The van der Waals surface area contributed by atoms with Crippen LogP contribution in [-0.2, 0) is 0 Å². The third kappa shape index (κ3) is 1.85. The van der Waals surface area contributed by atoms with Crippen molar-refractivity contribution in [3.8, 4) is 0 Å². The van der Waals surface area contributed by atoms with Crippen molar-refractivity contribution >= 4 is 10.8 Å². The van der Waals surface area contributed by atoms with Gasteiger partial charge in [0, 0.05) is 12.4 Å². The first-order valence-electron chi connectivity index (χ1n) is 5.78. The van der Waals surface area contributed by atoms with Gasteiger partial charge >= 0.3 is 0 Å². The van der Waals surface area contributed by atoms with Crippen LogP contribution < -0.4 is 0 Å². The lowest BCUT2D eigenvalue weighted by molar-refractivity contribution is 0.216. The largest absolute Gasteiger partial charge is 0.382 e. The van der Waals surface area contributed by atoms with Gasteiger partial charge in [0.1, 0.15) is 6.10 Å². The standard InChI is InChI=1S/C15H12N2O/c18-15(14-10-16-8-9-17-14)13-7-3-5-11-4-1-2-6-12(11)13/h1-10,15,18H. The molecular weight excluding hydrogens is 224 g/mol. The van der Waals surface area contributed by atoms with E-state index >= 15 is 0 Å². The number of hydrogen-bond acceptors (Lipinski definition) is 3. The average Bonchev–Trinajstić information content (AvgIpc) is 2.47. The summed E-state index contributed by atoms with van der Waals surface area (Å²) in [7, 11) is 0. The highest BCUT2D eigenvalue weighted by atomic mass is 16.3. The van der Waals surface area contributed by atoms with E-state index in [-0.39, 0.29) is 0 Å². The van der Waals surface area contributed by atoms with Gasteiger partial charge in [0.25, 0.3) is 0 Å². The summed E-state index contributed by atoms with van der Waals surface area (Å²) in [6.45, 7) is 0. The number of benzene rings is 2. The smallest absolute Gasteiger partial charge is 0.123 e. The van der Waals surface area contributed by atoms with E-state index in [9.17, 15) is 5.11 Å². The minimum atomic E-state index is -0.746. The number of rotatable bonds is 2. The number of fused-ring (bicyclic) bond motifs is 1. The molecule has 0 bridgehead atoms. The lowest BCUT2D eigenvalue weighted by Gasteiger charge is -2.12. The first-order chi connectivity index (χ1) is 8.86. The molecular formula is C15H12N2O. The maximum Gasteiger partial charge on any atom is 0.123 e. The zero-order valence-electron chi connectivity index (χ0n) is 9.69. The molecule has 88 valence electrons. The van der Waals surface area contributed by atoms with Crippen molar-refractivity contribution in [2.45, 2.75) is 6.10 Å². The van der Waals surface area contributed by atoms with Gasteiger partial charge in [-0.2, -0.15) is 0 Å². The summed E-state index contributed by atoms with van der Waals surface area (Å²) in [6.07, 6.45) is 4.03. The van der Waals surface area contributed by atoms with Gasteiger partial charge in [-0.25, -0.2) is 0 Å². The molecule has 2 aromatic carbocycles. The van der Waals surface area contributed by atoms with Crippen LogP contribution in [0.3, 0.4) is 0 Å². The topological polar surface area (TPSA) is 46.0 Å². The summed E-state index contributed by atoms with van der Waals surface area (Å²) in [5.41, 5.74) is 1.42. The van der Waals surface area contributed by atoms with E-state index in [0.717, 1.165) is 16.3 Å². The van der Waals surface area contributed by atoms with Crippen LogP contribution in [0.15, 0.2) is 61.1 Å². The number of nitrogens with zero attached hydrogens (tertiary/aromatic N) is 2. The highest BCUT2D eigenvalue weighted by molar-refractivity contribution is 5.86. The van der Waals surface area contributed by atoms with Crippen molar-refractivity contribution in [1.29, 1.82) is 0 Å². The van der Waals surface area contributed by atoms with E-state index in [1.807, 2.05) is 42.5 Å². The second kappa shape index (κ2) is 4.55. The monoisotopic (exact) mass is 236 g/mol. The zero-order valence-corrected chi connectivity index (χ0v) is 9.69.